The molecule has 1 saturated carbocycles. The molecule has 20 heavy (non-hydrogen) atoms. The monoisotopic (exact) mass is 278 g/mol. The van der Waals surface area contributed by atoms with Crippen molar-refractivity contribution in [2.45, 2.75) is 20.8 Å². The second-order valence-corrected chi connectivity index (χ2v) is 5.39. The lowest BCUT2D eigenvalue weighted by molar-refractivity contribution is -0.140. The number of carboxylic acid groups (broad SMARTS) is 1. The van der Waals surface area contributed by atoms with E-state index in [1.54, 1.807) is 32.2 Å². The van der Waals surface area contributed by atoms with Gasteiger partial charge in [-0.2, -0.15) is 0 Å². The molecule has 0 bridgehead atoms. The highest BCUT2D eigenvalue weighted by Crippen LogP contribution is 2.58. The maximum atomic E-state index is 12.2. The first-order chi connectivity index (χ1) is 9.39. The molecule has 0 aliphatic heterocycles. The van der Waals surface area contributed by atoms with Crippen molar-refractivity contribution in [2.75, 3.05) is 11.9 Å². The molecule has 0 saturated heterocycles. The molecule has 1 amide bonds. The molecular weight excluding hydrogens is 260 g/mol. The van der Waals surface area contributed by atoms with E-state index >= 15 is 0 Å². The van der Waals surface area contributed by atoms with Crippen molar-refractivity contribution in [1.82, 2.24) is 4.98 Å². The highest BCUT2D eigenvalue weighted by molar-refractivity contribution is 6.00. The SMILES string of the molecule is CCOc1ncccc1NC(=O)C1C(C(=O)O)C1(C)C. The number of amides is 1. The average molecular weight is 278 g/mol. The number of aromatic nitrogens is 1. The van der Waals surface area contributed by atoms with Crippen molar-refractivity contribution < 1.29 is 19.4 Å². The van der Waals surface area contributed by atoms with Crippen LogP contribution in [-0.4, -0.2) is 28.6 Å². The summed E-state index contributed by atoms with van der Waals surface area (Å²) >= 11 is 0. The molecule has 108 valence electrons. The predicted molar refractivity (Wildman–Crippen MR) is 72.4 cm³/mol. The fourth-order valence-corrected chi connectivity index (χ4v) is 2.54. The van der Waals surface area contributed by atoms with Crippen LogP contribution in [-0.2, 0) is 9.59 Å². The van der Waals surface area contributed by atoms with Crippen molar-refractivity contribution in [3.05, 3.63) is 18.3 Å². The second-order valence-electron chi connectivity index (χ2n) is 5.39. The van der Waals surface area contributed by atoms with Crippen molar-refractivity contribution >= 4 is 17.6 Å². The second kappa shape index (κ2) is 5.11. The van der Waals surface area contributed by atoms with Gasteiger partial charge in [-0.1, -0.05) is 13.8 Å². The normalized spacial score (nSPS) is 22.9. The smallest absolute Gasteiger partial charge is 0.307 e. The summed E-state index contributed by atoms with van der Waals surface area (Å²) in [4.78, 5) is 27.3. The number of rotatable bonds is 5. The van der Waals surface area contributed by atoms with Gasteiger partial charge in [0.15, 0.2) is 0 Å². The number of nitrogens with one attached hydrogen (secondary N) is 1. The molecule has 1 aliphatic rings. The Bertz CT molecular complexity index is 542. The van der Waals surface area contributed by atoms with E-state index in [9.17, 15) is 9.59 Å². The van der Waals surface area contributed by atoms with E-state index in [4.69, 9.17) is 9.84 Å². The zero-order chi connectivity index (χ0) is 14.9. The zero-order valence-corrected chi connectivity index (χ0v) is 11.7. The molecule has 2 rings (SSSR count). The molecule has 2 unspecified atom stereocenters. The van der Waals surface area contributed by atoms with Gasteiger partial charge < -0.3 is 15.2 Å². The van der Waals surface area contributed by atoms with E-state index in [1.807, 2.05) is 6.92 Å². The van der Waals surface area contributed by atoms with Crippen LogP contribution in [0.2, 0.25) is 0 Å². The molecule has 1 aliphatic carbocycles. The van der Waals surface area contributed by atoms with E-state index in [0.29, 0.717) is 18.2 Å². The van der Waals surface area contributed by atoms with Crippen LogP contribution in [0.3, 0.4) is 0 Å². The molecular formula is C14H18N2O4. The Balaban J connectivity index is 2.12. The van der Waals surface area contributed by atoms with Gasteiger partial charge >= 0.3 is 5.97 Å². The number of ether oxygens (including phenoxy) is 1. The third-order valence-corrected chi connectivity index (χ3v) is 3.69. The first-order valence-electron chi connectivity index (χ1n) is 6.51. The summed E-state index contributed by atoms with van der Waals surface area (Å²) in [6, 6.07) is 3.37. The quantitative estimate of drug-likeness (QED) is 0.857. The van der Waals surface area contributed by atoms with E-state index in [2.05, 4.69) is 10.3 Å². The summed E-state index contributed by atoms with van der Waals surface area (Å²) in [5.74, 6) is -2.08. The maximum absolute atomic E-state index is 12.2. The van der Waals surface area contributed by atoms with Gasteiger partial charge in [0.05, 0.1) is 18.4 Å². The largest absolute Gasteiger partial charge is 0.481 e. The van der Waals surface area contributed by atoms with Crippen molar-refractivity contribution in [1.29, 1.82) is 0 Å². The fraction of sp³-hybridized carbons (Fsp3) is 0.500. The number of carbonyl (C=O) groups is 2. The zero-order valence-electron chi connectivity index (χ0n) is 11.7. The molecule has 6 heteroatoms. The molecule has 0 radical (unpaired) electrons. The van der Waals surface area contributed by atoms with Crippen LogP contribution in [0, 0.1) is 17.3 Å². The number of anilines is 1. The van der Waals surface area contributed by atoms with Gasteiger partial charge in [-0.05, 0) is 24.5 Å². The van der Waals surface area contributed by atoms with Crippen LogP contribution in [0.5, 0.6) is 5.88 Å². The summed E-state index contributed by atoms with van der Waals surface area (Å²) in [5.41, 5.74) is -0.0598. The van der Waals surface area contributed by atoms with Crippen molar-refractivity contribution in [2.24, 2.45) is 17.3 Å². The molecule has 6 nitrogen and oxygen atoms in total. The van der Waals surface area contributed by atoms with Gasteiger partial charge in [0.25, 0.3) is 0 Å². The molecule has 1 aromatic rings. The van der Waals surface area contributed by atoms with Gasteiger partial charge in [0.1, 0.15) is 5.69 Å². The van der Waals surface area contributed by atoms with Gasteiger partial charge in [-0.25, -0.2) is 4.98 Å². The van der Waals surface area contributed by atoms with Crippen LogP contribution in [0.15, 0.2) is 18.3 Å². The molecule has 0 aromatic carbocycles. The standard InChI is InChI=1S/C14H18N2O4/c1-4-20-12-8(6-5-7-15-12)16-11(17)9-10(13(18)19)14(9,2)3/h5-7,9-10H,4H2,1-3H3,(H,16,17)(H,18,19). The summed E-state index contributed by atoms with van der Waals surface area (Å²) in [5, 5.41) is 11.8. The van der Waals surface area contributed by atoms with Gasteiger partial charge in [-0.3, -0.25) is 9.59 Å². The first kappa shape index (κ1) is 14.3. The average Bonchev–Trinajstić information content (AvgIpc) is 2.95. The maximum Gasteiger partial charge on any atom is 0.307 e. The van der Waals surface area contributed by atoms with Crippen LogP contribution in [0.4, 0.5) is 5.69 Å². The Labute approximate surface area is 117 Å². The Morgan fingerprint density at radius 2 is 2.15 bits per heavy atom. The molecule has 1 fully saturated rings. The van der Waals surface area contributed by atoms with Gasteiger partial charge in [0, 0.05) is 6.20 Å². The number of nitrogens with zero attached hydrogens (tertiary/aromatic N) is 1. The van der Waals surface area contributed by atoms with Crippen LogP contribution in [0.25, 0.3) is 0 Å². The fourth-order valence-electron chi connectivity index (χ4n) is 2.54. The Kier molecular flexibility index (Phi) is 3.65. The lowest BCUT2D eigenvalue weighted by atomic mass is 10.1. The van der Waals surface area contributed by atoms with E-state index < -0.39 is 23.2 Å². The lowest BCUT2D eigenvalue weighted by Gasteiger charge is -2.10. The predicted octanol–water partition coefficient (Wildman–Crippen LogP) is 1.78. The van der Waals surface area contributed by atoms with Crippen LogP contribution >= 0.6 is 0 Å². The topological polar surface area (TPSA) is 88.5 Å². The van der Waals surface area contributed by atoms with Gasteiger partial charge in [0.2, 0.25) is 11.8 Å². The number of carboxylic acids is 1. The van der Waals surface area contributed by atoms with E-state index in [-0.39, 0.29) is 5.91 Å². The first-order valence-corrected chi connectivity index (χ1v) is 6.51. The minimum Gasteiger partial charge on any atom is -0.481 e. The minimum atomic E-state index is -0.939. The molecule has 1 heterocycles. The number of hydrogen-bond donors (Lipinski definition) is 2. The third kappa shape index (κ3) is 2.45. The number of hydrogen-bond acceptors (Lipinski definition) is 4. The Morgan fingerprint density at radius 3 is 2.70 bits per heavy atom. The third-order valence-electron chi connectivity index (χ3n) is 3.69. The Morgan fingerprint density at radius 1 is 1.45 bits per heavy atom. The van der Waals surface area contributed by atoms with Crippen molar-refractivity contribution in [3.8, 4) is 5.88 Å². The summed E-state index contributed by atoms with van der Waals surface area (Å²) in [6.07, 6.45) is 1.57. The number of pyridine rings is 1. The van der Waals surface area contributed by atoms with Crippen molar-refractivity contribution in [3.63, 3.8) is 0 Å². The number of aliphatic carboxylic acids is 1. The van der Waals surface area contributed by atoms with Crippen LogP contribution < -0.4 is 10.1 Å². The van der Waals surface area contributed by atoms with E-state index in [0.717, 1.165) is 0 Å². The summed E-state index contributed by atoms with van der Waals surface area (Å²) < 4.78 is 5.32. The highest BCUT2D eigenvalue weighted by atomic mass is 16.5. The van der Waals surface area contributed by atoms with Gasteiger partial charge in [-0.15, -0.1) is 0 Å². The molecule has 1 aromatic heterocycles. The summed E-state index contributed by atoms with van der Waals surface area (Å²) in [7, 11) is 0. The summed E-state index contributed by atoms with van der Waals surface area (Å²) in [6.45, 7) is 5.82. The lowest BCUT2D eigenvalue weighted by Crippen LogP contribution is -2.18. The minimum absolute atomic E-state index is 0.309. The molecule has 2 atom stereocenters. The van der Waals surface area contributed by atoms with Crippen LogP contribution in [0.1, 0.15) is 20.8 Å². The number of carbonyl (C=O) groups excluding carboxylic acids is 1. The molecule has 0 spiro atoms. The molecule has 2 N–H and O–H groups in total. The Hall–Kier alpha value is -2.11. The highest BCUT2D eigenvalue weighted by Gasteiger charge is 2.65. The van der Waals surface area contributed by atoms with E-state index in [1.165, 1.54) is 0 Å².